The molecular formula is C22H12F2N4O3. The topological polar surface area (TPSA) is 111 Å². The molecule has 4 aromatic rings. The molecule has 152 valence electrons. The normalized spacial score (nSPS) is 15.5. The zero-order valence-corrected chi connectivity index (χ0v) is 15.7. The molecule has 0 fully saturated rings. The summed E-state index contributed by atoms with van der Waals surface area (Å²) in [6, 6.07) is 13.4. The molecule has 3 heterocycles. The summed E-state index contributed by atoms with van der Waals surface area (Å²) in [5.41, 5.74) is 5.11. The molecule has 0 saturated carbocycles. The Labute approximate surface area is 172 Å². The van der Waals surface area contributed by atoms with Crippen molar-refractivity contribution in [2.75, 3.05) is 5.73 Å². The summed E-state index contributed by atoms with van der Waals surface area (Å²) in [4.78, 5) is 16.8. The summed E-state index contributed by atoms with van der Waals surface area (Å²) in [5, 5.41) is 9.78. The van der Waals surface area contributed by atoms with Gasteiger partial charge < -0.3 is 14.6 Å². The first kappa shape index (κ1) is 18.6. The smallest absolute Gasteiger partial charge is 0.362 e. The number of aromatic nitrogens is 2. The van der Waals surface area contributed by atoms with E-state index < -0.39 is 23.2 Å². The van der Waals surface area contributed by atoms with Crippen LogP contribution in [0.2, 0.25) is 0 Å². The van der Waals surface area contributed by atoms with Gasteiger partial charge in [0.2, 0.25) is 11.4 Å². The van der Waals surface area contributed by atoms with Crippen LogP contribution >= 0.6 is 0 Å². The highest BCUT2D eigenvalue weighted by atomic mass is 19.1. The number of anilines is 1. The minimum atomic E-state index is -1.01. The third-order valence-electron chi connectivity index (χ3n) is 5.02. The van der Waals surface area contributed by atoms with Crippen molar-refractivity contribution in [2.45, 2.75) is 5.92 Å². The van der Waals surface area contributed by atoms with Crippen molar-refractivity contribution in [3.8, 4) is 12.0 Å². The van der Waals surface area contributed by atoms with Crippen molar-refractivity contribution < 1.29 is 17.6 Å². The van der Waals surface area contributed by atoms with E-state index in [1.54, 1.807) is 12.1 Å². The summed E-state index contributed by atoms with van der Waals surface area (Å²) in [7, 11) is 0. The maximum absolute atomic E-state index is 14.6. The zero-order chi connectivity index (χ0) is 21.7. The van der Waals surface area contributed by atoms with Crippen LogP contribution in [-0.2, 0) is 0 Å². The SMILES string of the molecule is N#CC1=c2oc(=O)/c(=C\c3ccccc3F)n2-c2oc(N)nc2[C@@H]1c1ccccc1F. The van der Waals surface area contributed by atoms with Crippen LogP contribution in [0, 0.1) is 23.0 Å². The minimum absolute atomic E-state index is 0.00630. The number of hydrogen-bond donors (Lipinski definition) is 1. The Balaban J connectivity index is 1.92. The number of nitrogen functional groups attached to an aromatic ring is 1. The molecule has 0 saturated heterocycles. The molecule has 5 rings (SSSR count). The lowest BCUT2D eigenvalue weighted by atomic mass is 9.87. The number of rotatable bonds is 2. The molecule has 2 aromatic carbocycles. The Bertz CT molecular complexity index is 1570. The fourth-order valence-electron chi connectivity index (χ4n) is 3.70. The average molecular weight is 418 g/mol. The van der Waals surface area contributed by atoms with Gasteiger partial charge in [0, 0.05) is 11.1 Å². The van der Waals surface area contributed by atoms with E-state index in [1.807, 2.05) is 6.07 Å². The quantitative estimate of drug-likeness (QED) is 0.533. The molecule has 2 aromatic heterocycles. The van der Waals surface area contributed by atoms with Gasteiger partial charge in [0.15, 0.2) is 0 Å². The number of benzene rings is 2. The molecule has 9 heteroatoms. The molecule has 1 atom stereocenters. The third-order valence-corrected chi connectivity index (χ3v) is 5.02. The number of halogens is 2. The van der Waals surface area contributed by atoms with E-state index in [-0.39, 0.29) is 45.2 Å². The van der Waals surface area contributed by atoms with Crippen molar-refractivity contribution in [2.24, 2.45) is 0 Å². The van der Waals surface area contributed by atoms with E-state index in [2.05, 4.69) is 4.98 Å². The van der Waals surface area contributed by atoms with Gasteiger partial charge in [0.05, 0.1) is 5.92 Å². The molecule has 0 unspecified atom stereocenters. The van der Waals surface area contributed by atoms with E-state index in [4.69, 9.17) is 14.6 Å². The van der Waals surface area contributed by atoms with E-state index in [0.29, 0.717) is 0 Å². The van der Waals surface area contributed by atoms with Crippen LogP contribution in [0.4, 0.5) is 14.8 Å². The lowest BCUT2D eigenvalue weighted by Gasteiger charge is -2.19. The van der Waals surface area contributed by atoms with Gasteiger partial charge >= 0.3 is 5.63 Å². The first-order chi connectivity index (χ1) is 15.0. The second-order valence-electron chi connectivity index (χ2n) is 6.80. The molecule has 7 nitrogen and oxygen atoms in total. The van der Waals surface area contributed by atoms with Gasteiger partial charge in [-0.3, -0.25) is 0 Å². The molecule has 1 aliphatic heterocycles. The first-order valence-corrected chi connectivity index (χ1v) is 9.13. The van der Waals surface area contributed by atoms with Crippen LogP contribution in [0.1, 0.15) is 22.7 Å². The highest BCUT2D eigenvalue weighted by molar-refractivity contribution is 5.73. The maximum Gasteiger partial charge on any atom is 0.362 e. The molecule has 0 bridgehead atoms. The predicted octanol–water partition coefficient (Wildman–Crippen LogP) is 1.93. The number of oxazole rings is 2. The fraction of sp³-hybridized carbons (Fsp3) is 0.0455. The van der Waals surface area contributed by atoms with Crippen LogP contribution in [0.3, 0.4) is 0 Å². The van der Waals surface area contributed by atoms with Gasteiger partial charge in [0.25, 0.3) is 6.01 Å². The molecule has 2 N–H and O–H groups in total. The Kier molecular flexibility index (Phi) is 4.08. The standard InChI is InChI=1S/C22H12F2N4O3/c23-14-7-3-1-5-11(14)9-16-21(29)30-19-13(10-25)17(12-6-2-4-8-15(12)24)18-20(28(16)19)31-22(26)27-18/h1-9,17H,(H2,26,27)/b16-9+/t17-/m1/s1. The number of nitriles is 1. The second-order valence-corrected chi connectivity index (χ2v) is 6.80. The van der Waals surface area contributed by atoms with Gasteiger partial charge in [-0.15, -0.1) is 0 Å². The van der Waals surface area contributed by atoms with Gasteiger partial charge in [-0.2, -0.15) is 10.2 Å². The Morgan fingerprint density at radius 3 is 2.52 bits per heavy atom. The van der Waals surface area contributed by atoms with Crippen LogP contribution in [0.15, 0.2) is 62.2 Å². The maximum atomic E-state index is 14.6. The van der Waals surface area contributed by atoms with E-state index in [9.17, 15) is 18.8 Å². The van der Waals surface area contributed by atoms with Crippen LogP contribution in [0.5, 0.6) is 0 Å². The van der Waals surface area contributed by atoms with Crippen molar-refractivity contribution in [1.29, 1.82) is 5.26 Å². The Morgan fingerprint density at radius 2 is 1.81 bits per heavy atom. The van der Waals surface area contributed by atoms with Gasteiger partial charge in [0.1, 0.15) is 34.3 Å². The summed E-state index contributed by atoms with van der Waals surface area (Å²) in [5.74, 6) is -2.14. The number of nitrogens with zero attached hydrogens (tertiary/aromatic N) is 3. The summed E-state index contributed by atoms with van der Waals surface area (Å²) >= 11 is 0. The molecule has 1 aliphatic rings. The van der Waals surface area contributed by atoms with Crippen LogP contribution in [0.25, 0.3) is 17.5 Å². The molecule has 0 amide bonds. The summed E-state index contributed by atoms with van der Waals surface area (Å²) < 4.78 is 40.9. The van der Waals surface area contributed by atoms with E-state index >= 15 is 0 Å². The molecule has 0 spiro atoms. The number of hydrogen-bond acceptors (Lipinski definition) is 6. The van der Waals surface area contributed by atoms with Crippen molar-refractivity contribution in [3.63, 3.8) is 0 Å². The fourth-order valence-corrected chi connectivity index (χ4v) is 3.70. The third kappa shape index (κ3) is 2.77. The van der Waals surface area contributed by atoms with Crippen molar-refractivity contribution in [3.05, 3.63) is 98.3 Å². The van der Waals surface area contributed by atoms with Crippen molar-refractivity contribution in [1.82, 2.24) is 9.55 Å². The molecule has 31 heavy (non-hydrogen) atoms. The molecule has 0 aliphatic carbocycles. The zero-order valence-electron chi connectivity index (χ0n) is 15.7. The van der Waals surface area contributed by atoms with Crippen molar-refractivity contribution >= 4 is 17.7 Å². The summed E-state index contributed by atoms with van der Waals surface area (Å²) in [6.45, 7) is 0. The van der Waals surface area contributed by atoms with E-state index in [0.717, 1.165) is 0 Å². The first-order valence-electron chi connectivity index (χ1n) is 9.13. The Morgan fingerprint density at radius 1 is 1.10 bits per heavy atom. The molecule has 0 radical (unpaired) electrons. The highest BCUT2D eigenvalue weighted by Gasteiger charge is 2.37. The van der Waals surface area contributed by atoms with Crippen LogP contribution < -0.4 is 22.3 Å². The number of nitrogens with two attached hydrogens (primary N) is 1. The van der Waals surface area contributed by atoms with Gasteiger partial charge in [-0.05, 0) is 18.2 Å². The number of fused-ring (bicyclic) bond motifs is 3. The van der Waals surface area contributed by atoms with Gasteiger partial charge in [-0.25, -0.2) is 18.1 Å². The predicted molar refractivity (Wildman–Crippen MR) is 105 cm³/mol. The minimum Gasteiger partial charge on any atom is -0.406 e. The molecular weight excluding hydrogens is 406 g/mol. The van der Waals surface area contributed by atoms with Gasteiger partial charge in [-0.1, -0.05) is 36.4 Å². The second kappa shape index (κ2) is 6.81. The highest BCUT2D eigenvalue weighted by Crippen LogP contribution is 2.38. The average Bonchev–Trinajstić information content (AvgIpc) is 3.28. The lowest BCUT2D eigenvalue weighted by Crippen LogP contribution is -2.35. The summed E-state index contributed by atoms with van der Waals surface area (Å²) in [6.07, 6.45) is 1.27. The van der Waals surface area contributed by atoms with Crippen LogP contribution in [-0.4, -0.2) is 9.55 Å². The Hall–Kier alpha value is -4.45. The van der Waals surface area contributed by atoms with E-state index in [1.165, 1.54) is 47.0 Å². The monoisotopic (exact) mass is 418 g/mol. The largest absolute Gasteiger partial charge is 0.406 e. The lowest BCUT2D eigenvalue weighted by molar-refractivity contribution is 0.454.